The third-order valence-corrected chi connectivity index (χ3v) is 4.97. The Balaban J connectivity index is 2.00. The van der Waals surface area contributed by atoms with Crippen molar-refractivity contribution in [1.82, 2.24) is 4.57 Å². The van der Waals surface area contributed by atoms with Crippen molar-refractivity contribution in [3.05, 3.63) is 69.3 Å². The Bertz CT molecular complexity index is 914. The largest absolute Gasteiger partial charge is 0.481 e. The van der Waals surface area contributed by atoms with Gasteiger partial charge < -0.3 is 9.67 Å². The Morgan fingerprint density at radius 3 is 2.44 bits per heavy atom. The second-order valence-electron chi connectivity index (χ2n) is 6.19. The lowest BCUT2D eigenvalue weighted by atomic mass is 10.0. The lowest BCUT2D eigenvalue weighted by Gasteiger charge is -2.09. The fourth-order valence-corrected chi connectivity index (χ4v) is 3.53. The highest BCUT2D eigenvalue weighted by atomic mass is 35.5. The number of hydrogen-bond acceptors (Lipinski definition) is 1. The van der Waals surface area contributed by atoms with E-state index in [4.69, 9.17) is 28.3 Å². The number of carbonyl (C=O) groups is 1. The number of aliphatic carboxylic acids is 1. The molecule has 1 N–H and O–H groups in total. The summed E-state index contributed by atoms with van der Waals surface area (Å²) in [7, 11) is 0. The molecule has 0 saturated carbocycles. The van der Waals surface area contributed by atoms with Crippen LogP contribution in [-0.2, 0) is 17.8 Å². The molecule has 3 nitrogen and oxygen atoms in total. The SMILES string of the molecule is Cc1c(CCCC(=O)O)c2cc(Cl)ccc2n1Cc1ccc(Cl)cc1. The molecule has 0 amide bonds. The third kappa shape index (κ3) is 4.00. The molecule has 2 aromatic carbocycles. The summed E-state index contributed by atoms with van der Waals surface area (Å²) in [6.07, 6.45) is 1.51. The van der Waals surface area contributed by atoms with Crippen LogP contribution in [0.2, 0.25) is 10.0 Å². The van der Waals surface area contributed by atoms with E-state index in [-0.39, 0.29) is 6.42 Å². The molecule has 0 aliphatic rings. The lowest BCUT2D eigenvalue weighted by Crippen LogP contribution is -2.03. The summed E-state index contributed by atoms with van der Waals surface area (Å²) in [5, 5.41) is 11.4. The molecule has 130 valence electrons. The number of carboxylic acids is 1. The van der Waals surface area contributed by atoms with E-state index < -0.39 is 5.97 Å². The first-order valence-electron chi connectivity index (χ1n) is 8.19. The second-order valence-corrected chi connectivity index (χ2v) is 7.06. The zero-order chi connectivity index (χ0) is 18.0. The first kappa shape index (κ1) is 17.8. The summed E-state index contributed by atoms with van der Waals surface area (Å²) in [5.74, 6) is -0.763. The number of hydrogen-bond donors (Lipinski definition) is 1. The summed E-state index contributed by atoms with van der Waals surface area (Å²) >= 11 is 12.2. The summed E-state index contributed by atoms with van der Waals surface area (Å²) in [4.78, 5) is 10.8. The van der Waals surface area contributed by atoms with E-state index in [1.54, 1.807) is 0 Å². The molecule has 0 spiro atoms. The summed E-state index contributed by atoms with van der Waals surface area (Å²) < 4.78 is 2.25. The smallest absolute Gasteiger partial charge is 0.303 e. The van der Waals surface area contributed by atoms with Crippen LogP contribution in [0.25, 0.3) is 10.9 Å². The summed E-state index contributed by atoms with van der Waals surface area (Å²) in [6, 6.07) is 13.7. The number of aryl methyl sites for hydroxylation is 1. The van der Waals surface area contributed by atoms with Crippen LogP contribution >= 0.6 is 23.2 Å². The molecule has 3 rings (SSSR count). The number of rotatable bonds is 6. The van der Waals surface area contributed by atoms with Gasteiger partial charge in [0.2, 0.25) is 0 Å². The molecule has 1 heterocycles. The van der Waals surface area contributed by atoms with Gasteiger partial charge in [-0.25, -0.2) is 0 Å². The van der Waals surface area contributed by atoms with Crippen molar-refractivity contribution in [3.8, 4) is 0 Å². The Morgan fingerprint density at radius 2 is 1.76 bits per heavy atom. The Morgan fingerprint density at radius 1 is 1.08 bits per heavy atom. The maximum Gasteiger partial charge on any atom is 0.303 e. The summed E-state index contributed by atoms with van der Waals surface area (Å²) in [5.41, 5.74) is 4.60. The van der Waals surface area contributed by atoms with E-state index in [1.807, 2.05) is 42.5 Å². The molecular formula is C20H19Cl2NO2. The first-order chi connectivity index (χ1) is 12.0. The van der Waals surface area contributed by atoms with E-state index >= 15 is 0 Å². The molecule has 0 bridgehead atoms. The van der Waals surface area contributed by atoms with Crippen LogP contribution in [0.3, 0.4) is 0 Å². The highest BCUT2D eigenvalue weighted by molar-refractivity contribution is 6.31. The normalized spacial score (nSPS) is 11.2. The minimum atomic E-state index is -0.763. The number of aromatic nitrogens is 1. The molecule has 0 atom stereocenters. The van der Waals surface area contributed by atoms with Crippen LogP contribution < -0.4 is 0 Å². The number of halogens is 2. The van der Waals surface area contributed by atoms with E-state index in [9.17, 15) is 4.79 Å². The van der Waals surface area contributed by atoms with Gasteiger partial charge in [-0.05, 0) is 61.2 Å². The molecule has 25 heavy (non-hydrogen) atoms. The third-order valence-electron chi connectivity index (χ3n) is 4.49. The van der Waals surface area contributed by atoms with Crippen LogP contribution in [0.15, 0.2) is 42.5 Å². The predicted octanol–water partition coefficient (Wildman–Crippen LogP) is 5.71. The minimum Gasteiger partial charge on any atom is -0.481 e. The molecule has 0 unspecified atom stereocenters. The molecule has 0 radical (unpaired) electrons. The van der Waals surface area contributed by atoms with Crippen molar-refractivity contribution >= 4 is 40.1 Å². The Labute approximate surface area is 156 Å². The topological polar surface area (TPSA) is 42.2 Å². The molecule has 0 aliphatic carbocycles. The highest BCUT2D eigenvalue weighted by Crippen LogP contribution is 2.30. The van der Waals surface area contributed by atoms with Crippen molar-refractivity contribution in [2.75, 3.05) is 0 Å². The number of carboxylic acid groups (broad SMARTS) is 1. The van der Waals surface area contributed by atoms with Crippen molar-refractivity contribution in [3.63, 3.8) is 0 Å². The number of nitrogens with zero attached hydrogens (tertiary/aromatic N) is 1. The van der Waals surface area contributed by atoms with Gasteiger partial charge >= 0.3 is 5.97 Å². The average Bonchev–Trinajstić information content (AvgIpc) is 2.81. The molecule has 0 aliphatic heterocycles. The Hall–Kier alpha value is -1.97. The van der Waals surface area contributed by atoms with E-state index in [0.29, 0.717) is 11.4 Å². The zero-order valence-electron chi connectivity index (χ0n) is 13.9. The maximum atomic E-state index is 10.8. The van der Waals surface area contributed by atoms with Gasteiger partial charge in [-0.15, -0.1) is 0 Å². The van der Waals surface area contributed by atoms with Crippen molar-refractivity contribution < 1.29 is 9.90 Å². The molecule has 3 aromatic rings. The van der Waals surface area contributed by atoms with Crippen molar-refractivity contribution in [2.45, 2.75) is 32.7 Å². The van der Waals surface area contributed by atoms with Crippen molar-refractivity contribution in [2.24, 2.45) is 0 Å². The van der Waals surface area contributed by atoms with Gasteiger partial charge in [0.15, 0.2) is 0 Å². The average molecular weight is 376 g/mol. The summed E-state index contributed by atoms with van der Waals surface area (Å²) in [6.45, 7) is 2.82. The van der Waals surface area contributed by atoms with Gasteiger partial charge in [0.05, 0.1) is 0 Å². The van der Waals surface area contributed by atoms with Crippen molar-refractivity contribution in [1.29, 1.82) is 0 Å². The minimum absolute atomic E-state index is 0.170. The van der Waals surface area contributed by atoms with Crippen LogP contribution in [0.1, 0.15) is 29.7 Å². The van der Waals surface area contributed by atoms with Gasteiger partial charge in [-0.3, -0.25) is 4.79 Å². The van der Waals surface area contributed by atoms with Gasteiger partial charge in [-0.2, -0.15) is 0 Å². The highest BCUT2D eigenvalue weighted by Gasteiger charge is 2.15. The predicted molar refractivity (Wildman–Crippen MR) is 103 cm³/mol. The van der Waals surface area contributed by atoms with Gasteiger partial charge in [0, 0.05) is 39.6 Å². The maximum absolute atomic E-state index is 10.8. The van der Waals surface area contributed by atoms with E-state index in [2.05, 4.69) is 11.5 Å². The molecule has 0 saturated heterocycles. The molecule has 0 fully saturated rings. The van der Waals surface area contributed by atoms with Gasteiger partial charge in [0.1, 0.15) is 0 Å². The van der Waals surface area contributed by atoms with Gasteiger partial charge in [-0.1, -0.05) is 35.3 Å². The fourth-order valence-electron chi connectivity index (χ4n) is 3.23. The van der Waals surface area contributed by atoms with E-state index in [0.717, 1.165) is 40.1 Å². The number of fused-ring (bicyclic) bond motifs is 1. The zero-order valence-corrected chi connectivity index (χ0v) is 15.4. The Kier molecular flexibility index (Phi) is 5.36. The molecule has 1 aromatic heterocycles. The fraction of sp³-hybridized carbons (Fsp3) is 0.250. The van der Waals surface area contributed by atoms with Crippen LogP contribution in [-0.4, -0.2) is 15.6 Å². The van der Waals surface area contributed by atoms with Gasteiger partial charge in [0.25, 0.3) is 0 Å². The monoisotopic (exact) mass is 375 g/mol. The number of benzene rings is 2. The van der Waals surface area contributed by atoms with Crippen LogP contribution in [0, 0.1) is 6.92 Å². The lowest BCUT2D eigenvalue weighted by molar-refractivity contribution is -0.137. The van der Waals surface area contributed by atoms with Crippen LogP contribution in [0.5, 0.6) is 0 Å². The standard InChI is InChI=1S/C20H19Cl2NO2/c1-13-17(3-2-4-20(24)25)18-11-16(22)9-10-19(18)23(13)12-14-5-7-15(21)8-6-14/h5-11H,2-4,12H2,1H3,(H,24,25). The quantitative estimate of drug-likeness (QED) is 0.599. The van der Waals surface area contributed by atoms with E-state index in [1.165, 1.54) is 5.56 Å². The van der Waals surface area contributed by atoms with Crippen LogP contribution in [0.4, 0.5) is 0 Å². The first-order valence-corrected chi connectivity index (χ1v) is 8.95. The molecular weight excluding hydrogens is 357 g/mol. The molecule has 5 heteroatoms. The second kappa shape index (κ2) is 7.51.